The van der Waals surface area contributed by atoms with Gasteiger partial charge in [-0.15, -0.1) is 0 Å². The summed E-state index contributed by atoms with van der Waals surface area (Å²) < 4.78 is 23.0. The van der Waals surface area contributed by atoms with Gasteiger partial charge in [-0.1, -0.05) is 359 Å². The van der Waals surface area contributed by atoms with Crippen LogP contribution >= 0.6 is 0 Å². The molecule has 1 amide bonds. The van der Waals surface area contributed by atoms with E-state index in [0.29, 0.717) is 12.8 Å². The predicted molar refractivity (Wildman–Crippen MR) is 392 cm³/mol. The molecule has 0 saturated carbocycles. The lowest BCUT2D eigenvalue weighted by Crippen LogP contribution is -2.65. The number of allylic oxidation sites excluding steroid dienone is 6. The molecular formula is C81H153NO13. The van der Waals surface area contributed by atoms with E-state index >= 15 is 0 Å². The Morgan fingerprint density at radius 3 is 1.06 bits per heavy atom. The van der Waals surface area contributed by atoms with Crippen LogP contribution in [0.5, 0.6) is 0 Å². The molecule has 0 aromatic rings. The second-order valence-electron chi connectivity index (χ2n) is 28.9. The highest BCUT2D eigenvalue weighted by Crippen LogP contribution is 2.30. The van der Waals surface area contributed by atoms with E-state index in [9.17, 15) is 45.6 Å². The molecule has 2 fully saturated rings. The molecule has 0 aromatic heterocycles. The minimum atomic E-state index is -1.78. The Kier molecular flexibility index (Phi) is 61.6. The maximum atomic E-state index is 13.4. The third-order valence-corrected chi connectivity index (χ3v) is 20.1. The molecule has 12 atom stereocenters. The molecule has 14 heteroatoms. The van der Waals surface area contributed by atoms with Crippen molar-refractivity contribution in [2.24, 2.45) is 0 Å². The average Bonchev–Trinajstić information content (AvgIpc) is 0.801. The summed E-state index contributed by atoms with van der Waals surface area (Å²) in [7, 11) is 0. The maximum Gasteiger partial charge on any atom is 0.220 e. The summed E-state index contributed by atoms with van der Waals surface area (Å²) in [6.07, 6.45) is 69.1. The highest BCUT2D eigenvalue weighted by Gasteiger charge is 2.51. The molecule has 12 unspecified atom stereocenters. The Balaban J connectivity index is 1.56. The van der Waals surface area contributed by atoms with Gasteiger partial charge in [-0.05, 0) is 51.4 Å². The smallest absolute Gasteiger partial charge is 0.220 e. The zero-order chi connectivity index (χ0) is 68.7. The number of carbonyl (C=O) groups excluding carboxylic acids is 1. The lowest BCUT2D eigenvalue weighted by atomic mass is 9.97. The van der Waals surface area contributed by atoms with Crippen LogP contribution in [-0.4, -0.2) is 140 Å². The summed E-state index contributed by atoms with van der Waals surface area (Å²) >= 11 is 0. The highest BCUT2D eigenvalue weighted by atomic mass is 16.7. The van der Waals surface area contributed by atoms with E-state index in [1.807, 2.05) is 0 Å². The molecule has 2 aliphatic rings. The molecule has 2 rings (SSSR count). The quantitative estimate of drug-likeness (QED) is 0.0204. The van der Waals surface area contributed by atoms with Gasteiger partial charge in [-0.2, -0.15) is 0 Å². The van der Waals surface area contributed by atoms with E-state index in [2.05, 4.69) is 55.6 Å². The van der Waals surface area contributed by atoms with Crippen LogP contribution in [0.2, 0.25) is 0 Å². The van der Waals surface area contributed by atoms with Crippen LogP contribution in [0.4, 0.5) is 0 Å². The van der Waals surface area contributed by atoms with Crippen molar-refractivity contribution in [1.29, 1.82) is 0 Å². The van der Waals surface area contributed by atoms with Crippen molar-refractivity contribution < 1.29 is 64.6 Å². The van der Waals surface area contributed by atoms with Gasteiger partial charge in [0.1, 0.15) is 48.8 Å². The van der Waals surface area contributed by atoms with Crippen molar-refractivity contribution in [1.82, 2.24) is 5.32 Å². The first-order chi connectivity index (χ1) is 46.6. The van der Waals surface area contributed by atoms with Crippen LogP contribution in [0.15, 0.2) is 36.5 Å². The largest absolute Gasteiger partial charge is 0.394 e. The van der Waals surface area contributed by atoms with Crippen molar-refractivity contribution in [2.45, 2.75) is 453 Å². The first-order valence-electron chi connectivity index (χ1n) is 40.7. The normalized spacial score (nSPS) is 22.5. The Morgan fingerprint density at radius 1 is 0.379 bits per heavy atom. The summed E-state index contributed by atoms with van der Waals surface area (Å²) in [4.78, 5) is 13.4. The van der Waals surface area contributed by atoms with Crippen molar-refractivity contribution >= 4 is 5.91 Å². The fraction of sp³-hybridized carbons (Fsp3) is 0.914. The summed E-state index contributed by atoms with van der Waals surface area (Å²) in [6, 6.07) is -0.828. The topological polar surface area (TPSA) is 228 Å². The molecule has 2 aliphatic heterocycles. The molecule has 0 aromatic carbocycles. The molecule has 14 nitrogen and oxygen atoms in total. The molecule has 95 heavy (non-hydrogen) atoms. The number of nitrogens with one attached hydrogen (secondary N) is 1. The van der Waals surface area contributed by atoms with Gasteiger partial charge in [0.2, 0.25) is 5.91 Å². The molecule has 0 aliphatic carbocycles. The first-order valence-corrected chi connectivity index (χ1v) is 40.7. The fourth-order valence-corrected chi connectivity index (χ4v) is 13.7. The predicted octanol–water partition coefficient (Wildman–Crippen LogP) is 18.4. The summed E-state index contributed by atoms with van der Waals surface area (Å²) in [6.45, 7) is 2.91. The third-order valence-electron chi connectivity index (χ3n) is 20.1. The van der Waals surface area contributed by atoms with Crippen LogP contribution in [0.25, 0.3) is 0 Å². The minimum absolute atomic E-state index is 0.198. The van der Waals surface area contributed by atoms with E-state index in [1.165, 1.54) is 289 Å². The Hall–Kier alpha value is -1.79. The molecule has 2 saturated heterocycles. The molecular weight excluding hydrogens is 1190 g/mol. The molecule has 0 bridgehead atoms. The summed E-state index contributed by atoms with van der Waals surface area (Å²) in [5, 5.41) is 87.8. The number of hydrogen-bond donors (Lipinski definition) is 9. The van der Waals surface area contributed by atoms with Gasteiger partial charge >= 0.3 is 0 Å². The minimum Gasteiger partial charge on any atom is -0.394 e. The van der Waals surface area contributed by atoms with Crippen molar-refractivity contribution in [3.05, 3.63) is 36.5 Å². The van der Waals surface area contributed by atoms with Crippen molar-refractivity contribution in [3.8, 4) is 0 Å². The van der Waals surface area contributed by atoms with Gasteiger partial charge in [0.15, 0.2) is 12.6 Å². The second kappa shape index (κ2) is 65.5. The van der Waals surface area contributed by atoms with Crippen molar-refractivity contribution in [2.75, 3.05) is 19.8 Å². The van der Waals surface area contributed by atoms with E-state index in [4.69, 9.17) is 18.9 Å². The number of rotatable bonds is 69. The van der Waals surface area contributed by atoms with Gasteiger partial charge in [-0.25, -0.2) is 0 Å². The third kappa shape index (κ3) is 48.6. The Morgan fingerprint density at radius 2 is 0.695 bits per heavy atom. The SMILES string of the molecule is CCCCCCC/C=C\C/C=C\C/C=C\CCCCCCCCCCCCCCCCCCCCCCCCCCC(=O)NC(COC1OC(CO)C(OC2OC(CO)C(O)C(O)C2O)C(O)C1O)C(O)CCCCCCCCCCCCCCCCCCCCCCCC. The number of ether oxygens (including phenoxy) is 4. The molecule has 0 radical (unpaired) electrons. The van der Waals surface area contributed by atoms with E-state index in [0.717, 1.165) is 64.2 Å². The monoisotopic (exact) mass is 1350 g/mol. The standard InChI is InChI=1S/C81H153NO13/c1-3-5-7-9-11-13-15-17-19-21-23-25-27-28-29-30-31-32-33-34-35-36-37-38-39-40-41-42-43-45-47-49-51-53-55-57-59-61-63-65-73(86)82-69(68-92-80-78(91)76(89)79(72(67-84)94-80)95-81-77(90)75(88)74(87)71(66-83)93-81)70(85)64-62-60-58-56-54-52-50-48-46-44-26-24-22-20-18-16-14-12-10-8-6-4-2/h15,17,21,23,27-28,69-72,74-81,83-85,87-91H,3-14,16,18-20,22,24-26,29-68H2,1-2H3,(H,82,86)/b17-15-,23-21-,28-27-. The second-order valence-corrected chi connectivity index (χ2v) is 28.9. The number of aliphatic hydroxyl groups excluding tert-OH is 8. The first kappa shape index (κ1) is 89.3. The fourth-order valence-electron chi connectivity index (χ4n) is 13.7. The van der Waals surface area contributed by atoms with Crippen molar-refractivity contribution in [3.63, 3.8) is 0 Å². The molecule has 0 spiro atoms. The lowest BCUT2D eigenvalue weighted by molar-refractivity contribution is -0.359. The van der Waals surface area contributed by atoms with Gasteiger partial charge in [-0.3, -0.25) is 4.79 Å². The number of unbranched alkanes of at least 4 members (excludes halogenated alkanes) is 50. The number of amides is 1. The summed E-state index contributed by atoms with van der Waals surface area (Å²) in [5.74, 6) is -0.198. The van der Waals surface area contributed by atoms with Crippen LogP contribution in [0, 0.1) is 0 Å². The van der Waals surface area contributed by atoms with Gasteiger partial charge in [0.05, 0.1) is 32.0 Å². The van der Waals surface area contributed by atoms with Gasteiger partial charge < -0.3 is 65.1 Å². The zero-order valence-corrected chi connectivity index (χ0v) is 61.4. The highest BCUT2D eigenvalue weighted by molar-refractivity contribution is 5.76. The van der Waals surface area contributed by atoms with E-state index < -0.39 is 86.8 Å². The maximum absolute atomic E-state index is 13.4. The van der Waals surface area contributed by atoms with E-state index in [-0.39, 0.29) is 12.5 Å². The zero-order valence-electron chi connectivity index (χ0n) is 61.4. The van der Waals surface area contributed by atoms with Crippen LogP contribution < -0.4 is 5.32 Å². The average molecular weight is 1350 g/mol. The molecule has 9 N–H and O–H groups in total. The number of hydrogen-bond acceptors (Lipinski definition) is 13. The molecule has 560 valence electrons. The van der Waals surface area contributed by atoms with Gasteiger partial charge in [0, 0.05) is 6.42 Å². The van der Waals surface area contributed by atoms with E-state index in [1.54, 1.807) is 0 Å². The number of carbonyl (C=O) groups is 1. The number of aliphatic hydroxyl groups is 8. The van der Waals surface area contributed by atoms with Gasteiger partial charge in [0.25, 0.3) is 0 Å². The summed E-state index contributed by atoms with van der Waals surface area (Å²) in [5.41, 5.74) is 0. The Labute approximate surface area is 582 Å². The lowest BCUT2D eigenvalue weighted by Gasteiger charge is -2.46. The van der Waals surface area contributed by atoms with Crippen LogP contribution in [-0.2, 0) is 23.7 Å². The van der Waals surface area contributed by atoms with Crippen LogP contribution in [0.1, 0.15) is 380 Å². The Bertz CT molecular complexity index is 1730. The van der Waals surface area contributed by atoms with Crippen LogP contribution in [0.3, 0.4) is 0 Å². The molecule has 2 heterocycles.